The monoisotopic (exact) mass is 417 g/mol. The summed E-state index contributed by atoms with van der Waals surface area (Å²) in [6.07, 6.45) is 1.82. The molecule has 1 N–H and O–H groups in total. The van der Waals surface area contributed by atoms with Crippen LogP contribution in [0.3, 0.4) is 0 Å². The van der Waals surface area contributed by atoms with E-state index in [-0.39, 0.29) is 36.1 Å². The number of nitrogens with one attached hydrogen (secondary N) is 1. The third kappa shape index (κ3) is 5.15. The Morgan fingerprint density at radius 3 is 2.72 bits per heavy atom. The summed E-state index contributed by atoms with van der Waals surface area (Å²) in [5.41, 5.74) is 0.967. The number of aryl methyl sites for hydroxylation is 1. The fourth-order valence-electron chi connectivity index (χ4n) is 2.10. The fourth-order valence-corrected chi connectivity index (χ4v) is 2.55. The number of aromatic nitrogens is 2. The summed E-state index contributed by atoms with van der Waals surface area (Å²) < 4.78 is 37.0. The molecule has 1 aromatic carbocycles. The van der Waals surface area contributed by atoms with Gasteiger partial charge in [0.15, 0.2) is 11.5 Å². The van der Waals surface area contributed by atoms with Crippen LogP contribution < -0.4 is 14.8 Å². The Labute approximate surface area is 152 Å². The van der Waals surface area contributed by atoms with E-state index in [9.17, 15) is 13.6 Å². The molecule has 0 aliphatic rings. The number of amides is 1. The summed E-state index contributed by atoms with van der Waals surface area (Å²) in [6.45, 7) is 1.90. The minimum Gasteiger partial charge on any atom is -0.490 e. The lowest BCUT2D eigenvalue weighted by Gasteiger charge is -2.12. The second kappa shape index (κ2) is 8.80. The molecule has 6 nitrogen and oxygen atoms in total. The largest absolute Gasteiger partial charge is 0.490 e. The summed E-state index contributed by atoms with van der Waals surface area (Å²) in [4.78, 5) is 12.3. The van der Waals surface area contributed by atoms with E-state index in [0.29, 0.717) is 5.69 Å². The number of halogens is 3. The van der Waals surface area contributed by atoms with Crippen LogP contribution in [0.25, 0.3) is 0 Å². The minimum absolute atomic E-state index is 0.0897. The summed E-state index contributed by atoms with van der Waals surface area (Å²) in [5.74, 6) is -0.396. The highest BCUT2D eigenvalue weighted by Crippen LogP contribution is 2.30. The van der Waals surface area contributed by atoms with E-state index in [2.05, 4.69) is 31.1 Å². The van der Waals surface area contributed by atoms with Gasteiger partial charge in [0.1, 0.15) is 0 Å². The van der Waals surface area contributed by atoms with Gasteiger partial charge in [-0.05, 0) is 48.0 Å². The first-order valence-corrected chi connectivity index (χ1v) is 8.45. The number of hydrogen-bond donors (Lipinski definition) is 1. The van der Waals surface area contributed by atoms with Crippen LogP contribution in [0.1, 0.15) is 29.9 Å². The molecule has 1 amide bonds. The molecule has 2 rings (SSSR count). The maximum Gasteiger partial charge on any atom is 0.387 e. The van der Waals surface area contributed by atoms with Crippen molar-refractivity contribution in [1.82, 2.24) is 15.1 Å². The SMILES string of the molecule is CCOc1cc(C(=O)NCc2nn(CC)cc2Br)ccc1OC(F)F. The van der Waals surface area contributed by atoms with Gasteiger partial charge in [-0.2, -0.15) is 13.9 Å². The molecule has 2 aromatic rings. The van der Waals surface area contributed by atoms with E-state index < -0.39 is 6.61 Å². The number of carbonyl (C=O) groups is 1. The molecule has 0 unspecified atom stereocenters. The lowest BCUT2D eigenvalue weighted by Crippen LogP contribution is -2.23. The van der Waals surface area contributed by atoms with E-state index >= 15 is 0 Å². The van der Waals surface area contributed by atoms with Crippen molar-refractivity contribution in [3.8, 4) is 11.5 Å². The Bertz CT molecular complexity index is 737. The zero-order valence-corrected chi connectivity index (χ0v) is 15.3. The van der Waals surface area contributed by atoms with Gasteiger partial charge in [0.2, 0.25) is 0 Å². The molecule has 1 aromatic heterocycles. The first-order chi connectivity index (χ1) is 11.9. The zero-order chi connectivity index (χ0) is 18.4. The molecule has 0 aliphatic carbocycles. The van der Waals surface area contributed by atoms with E-state index in [1.807, 2.05) is 13.1 Å². The Balaban J connectivity index is 2.10. The molecule has 136 valence electrons. The average molecular weight is 418 g/mol. The molecule has 0 radical (unpaired) electrons. The van der Waals surface area contributed by atoms with Gasteiger partial charge in [-0.25, -0.2) is 0 Å². The fraction of sp³-hybridized carbons (Fsp3) is 0.375. The molecule has 0 atom stereocenters. The standard InChI is InChI=1S/C16H18BrF2N3O3/c1-3-22-9-11(17)12(21-22)8-20-15(23)10-5-6-13(25-16(18)19)14(7-10)24-4-2/h5-7,9,16H,3-4,8H2,1-2H3,(H,20,23). The van der Waals surface area contributed by atoms with Crippen molar-refractivity contribution in [2.75, 3.05) is 6.61 Å². The molecule has 0 saturated heterocycles. The number of alkyl halides is 2. The minimum atomic E-state index is -2.97. The Morgan fingerprint density at radius 2 is 2.12 bits per heavy atom. The van der Waals surface area contributed by atoms with Crippen LogP contribution in [-0.4, -0.2) is 28.9 Å². The topological polar surface area (TPSA) is 65.4 Å². The van der Waals surface area contributed by atoms with Crippen molar-refractivity contribution >= 4 is 21.8 Å². The Kier molecular flexibility index (Phi) is 6.74. The Hall–Kier alpha value is -2.16. The van der Waals surface area contributed by atoms with Gasteiger partial charge in [-0.3, -0.25) is 9.48 Å². The van der Waals surface area contributed by atoms with Gasteiger partial charge in [0, 0.05) is 18.3 Å². The van der Waals surface area contributed by atoms with Gasteiger partial charge >= 0.3 is 6.61 Å². The van der Waals surface area contributed by atoms with E-state index in [1.54, 1.807) is 11.6 Å². The number of carbonyl (C=O) groups excluding carboxylic acids is 1. The first-order valence-electron chi connectivity index (χ1n) is 7.66. The predicted molar refractivity (Wildman–Crippen MR) is 91.0 cm³/mol. The highest BCUT2D eigenvalue weighted by molar-refractivity contribution is 9.10. The number of hydrogen-bond acceptors (Lipinski definition) is 4. The van der Waals surface area contributed by atoms with Crippen molar-refractivity contribution in [3.63, 3.8) is 0 Å². The van der Waals surface area contributed by atoms with E-state index in [1.165, 1.54) is 18.2 Å². The lowest BCUT2D eigenvalue weighted by molar-refractivity contribution is -0.0514. The maximum absolute atomic E-state index is 12.4. The summed E-state index contributed by atoms with van der Waals surface area (Å²) in [6, 6.07) is 4.05. The molecule has 0 spiro atoms. The van der Waals surface area contributed by atoms with Crippen molar-refractivity contribution in [2.45, 2.75) is 33.5 Å². The van der Waals surface area contributed by atoms with Gasteiger partial charge in [-0.1, -0.05) is 0 Å². The van der Waals surface area contributed by atoms with Crippen molar-refractivity contribution in [3.05, 3.63) is 40.1 Å². The summed E-state index contributed by atoms with van der Waals surface area (Å²) >= 11 is 3.39. The zero-order valence-electron chi connectivity index (χ0n) is 13.8. The normalized spacial score (nSPS) is 10.8. The Morgan fingerprint density at radius 1 is 1.36 bits per heavy atom. The van der Waals surface area contributed by atoms with Crippen LogP contribution in [-0.2, 0) is 13.1 Å². The van der Waals surface area contributed by atoms with Crippen molar-refractivity contribution in [2.24, 2.45) is 0 Å². The highest BCUT2D eigenvalue weighted by Gasteiger charge is 2.15. The summed E-state index contributed by atoms with van der Waals surface area (Å²) in [7, 11) is 0. The van der Waals surface area contributed by atoms with Crippen LogP contribution >= 0.6 is 15.9 Å². The van der Waals surface area contributed by atoms with Crippen LogP contribution in [0.4, 0.5) is 8.78 Å². The second-order valence-electron chi connectivity index (χ2n) is 4.94. The molecular formula is C16H18BrF2N3O3. The van der Waals surface area contributed by atoms with Gasteiger partial charge in [-0.15, -0.1) is 0 Å². The number of benzene rings is 1. The van der Waals surface area contributed by atoms with Crippen LogP contribution in [0, 0.1) is 0 Å². The predicted octanol–water partition coefficient (Wildman–Crippen LogP) is 3.60. The molecule has 25 heavy (non-hydrogen) atoms. The van der Waals surface area contributed by atoms with Crippen LogP contribution in [0.5, 0.6) is 11.5 Å². The highest BCUT2D eigenvalue weighted by atomic mass is 79.9. The van der Waals surface area contributed by atoms with Gasteiger partial charge in [0.25, 0.3) is 5.91 Å². The average Bonchev–Trinajstić information content (AvgIpc) is 2.94. The smallest absolute Gasteiger partial charge is 0.387 e. The number of nitrogens with zero attached hydrogens (tertiary/aromatic N) is 2. The number of ether oxygens (including phenoxy) is 2. The molecule has 1 heterocycles. The molecule has 0 fully saturated rings. The van der Waals surface area contributed by atoms with E-state index in [0.717, 1.165) is 11.0 Å². The molecule has 0 bridgehead atoms. The van der Waals surface area contributed by atoms with Crippen LogP contribution in [0.15, 0.2) is 28.9 Å². The maximum atomic E-state index is 12.4. The number of rotatable bonds is 8. The van der Waals surface area contributed by atoms with Crippen LogP contribution in [0.2, 0.25) is 0 Å². The molecule has 0 saturated carbocycles. The quantitative estimate of drug-likeness (QED) is 0.712. The third-order valence-corrected chi connectivity index (χ3v) is 3.91. The third-order valence-electron chi connectivity index (χ3n) is 3.25. The molecular weight excluding hydrogens is 400 g/mol. The molecule has 0 aliphatic heterocycles. The van der Waals surface area contributed by atoms with Gasteiger partial charge < -0.3 is 14.8 Å². The van der Waals surface area contributed by atoms with Gasteiger partial charge in [0.05, 0.1) is 23.3 Å². The second-order valence-corrected chi connectivity index (χ2v) is 5.79. The summed E-state index contributed by atoms with van der Waals surface area (Å²) in [5, 5.41) is 7.05. The lowest BCUT2D eigenvalue weighted by atomic mass is 10.2. The first kappa shape index (κ1) is 19.2. The molecule has 9 heteroatoms. The van der Waals surface area contributed by atoms with Crippen molar-refractivity contribution in [1.29, 1.82) is 0 Å². The van der Waals surface area contributed by atoms with Crippen molar-refractivity contribution < 1.29 is 23.0 Å². The van der Waals surface area contributed by atoms with E-state index in [4.69, 9.17) is 4.74 Å².